The molecular weight excluding hydrogens is 174 g/mol. The third-order valence-corrected chi connectivity index (χ3v) is 1.81. The first kappa shape index (κ1) is 9.73. The number of carbonyl (C=O) groups is 2. The van der Waals surface area contributed by atoms with Crippen LogP contribution in [0.1, 0.15) is 6.92 Å². The van der Waals surface area contributed by atoms with Gasteiger partial charge in [0, 0.05) is 0 Å². The number of amides is 1. The summed E-state index contributed by atoms with van der Waals surface area (Å²) in [5, 5.41) is 0. The zero-order valence-corrected chi connectivity index (χ0v) is 7.33. The third kappa shape index (κ3) is 1.70. The largest absolute Gasteiger partial charge is 0.461 e. The Labute approximate surface area is 75.7 Å². The van der Waals surface area contributed by atoms with Gasteiger partial charge in [-0.15, -0.1) is 0 Å². The zero-order valence-electron chi connectivity index (χ0n) is 7.33. The summed E-state index contributed by atoms with van der Waals surface area (Å²) < 4.78 is 4.75. The molecule has 5 nitrogen and oxygen atoms in total. The fourth-order valence-electron chi connectivity index (χ4n) is 0.870. The van der Waals surface area contributed by atoms with Crippen LogP contribution in [0.2, 0.25) is 0 Å². The summed E-state index contributed by atoms with van der Waals surface area (Å²) in [6, 6.07) is 0. The summed E-state index contributed by atoms with van der Waals surface area (Å²) in [5.41, 5.74) is 0.883. The summed E-state index contributed by atoms with van der Waals surface area (Å²) in [4.78, 5) is 27.1. The van der Waals surface area contributed by atoms with Gasteiger partial charge in [0.2, 0.25) is 0 Å². The predicted octanol–water partition coefficient (Wildman–Crippen LogP) is -0.217. The zero-order chi connectivity index (χ0) is 9.90. The van der Waals surface area contributed by atoms with E-state index >= 15 is 0 Å². The molecule has 1 fully saturated rings. The average molecular weight is 185 g/mol. The number of carbonyl (C=O) groups excluding carboxylic acids is 2. The summed E-state index contributed by atoms with van der Waals surface area (Å²) in [5.74, 6) is -1.07. The molecule has 13 heavy (non-hydrogen) atoms. The maximum absolute atomic E-state index is 11.3. The molecule has 1 saturated heterocycles. The fourth-order valence-corrected chi connectivity index (χ4v) is 0.870. The number of ether oxygens (including phenoxy) is 1. The molecule has 1 unspecified atom stereocenters. The van der Waals surface area contributed by atoms with Crippen LogP contribution in [0.25, 0.3) is 0 Å². The quantitative estimate of drug-likeness (QED) is 0.375. The second kappa shape index (κ2) is 3.57. The first-order valence-corrected chi connectivity index (χ1v) is 3.81. The second-order valence-corrected chi connectivity index (χ2v) is 2.94. The SMILES string of the molecule is C=CCOC(=O)C1(C)CONC1=O. The molecule has 72 valence electrons. The lowest BCUT2D eigenvalue weighted by atomic mass is 9.92. The van der Waals surface area contributed by atoms with Crippen molar-refractivity contribution in [1.82, 2.24) is 5.48 Å². The summed E-state index contributed by atoms with van der Waals surface area (Å²) in [6.07, 6.45) is 1.44. The number of hydrogen-bond acceptors (Lipinski definition) is 4. The molecule has 0 aromatic carbocycles. The molecule has 0 aliphatic carbocycles. The van der Waals surface area contributed by atoms with Crippen molar-refractivity contribution in [3.05, 3.63) is 12.7 Å². The van der Waals surface area contributed by atoms with Gasteiger partial charge in [0.05, 0.1) is 6.61 Å². The second-order valence-electron chi connectivity index (χ2n) is 2.94. The van der Waals surface area contributed by atoms with Gasteiger partial charge in [-0.1, -0.05) is 12.7 Å². The number of nitrogens with one attached hydrogen (secondary N) is 1. The van der Waals surface area contributed by atoms with Gasteiger partial charge in [-0.25, -0.2) is 5.48 Å². The first-order valence-electron chi connectivity index (χ1n) is 3.81. The maximum Gasteiger partial charge on any atom is 0.324 e. The molecular formula is C8H11NO4. The normalized spacial score (nSPS) is 26.7. The Bertz CT molecular complexity index is 251. The third-order valence-electron chi connectivity index (χ3n) is 1.81. The number of hydrogen-bond donors (Lipinski definition) is 1. The van der Waals surface area contributed by atoms with Crippen molar-refractivity contribution in [3.8, 4) is 0 Å². The van der Waals surface area contributed by atoms with Gasteiger partial charge < -0.3 is 4.74 Å². The minimum Gasteiger partial charge on any atom is -0.461 e. The van der Waals surface area contributed by atoms with Crippen LogP contribution in [0, 0.1) is 5.41 Å². The van der Waals surface area contributed by atoms with Crippen molar-refractivity contribution in [2.24, 2.45) is 5.41 Å². The lowest BCUT2D eigenvalue weighted by molar-refractivity contribution is -0.156. The highest BCUT2D eigenvalue weighted by molar-refractivity contribution is 6.03. The highest BCUT2D eigenvalue weighted by Gasteiger charge is 2.47. The Hall–Kier alpha value is -1.36. The lowest BCUT2D eigenvalue weighted by Gasteiger charge is -2.15. The minimum atomic E-state index is -1.22. The van der Waals surface area contributed by atoms with Gasteiger partial charge in [-0.3, -0.25) is 14.4 Å². The molecule has 0 aromatic rings. The molecule has 0 radical (unpaired) electrons. The molecule has 1 aliphatic heterocycles. The van der Waals surface area contributed by atoms with Crippen molar-refractivity contribution in [3.63, 3.8) is 0 Å². The van der Waals surface area contributed by atoms with Gasteiger partial charge in [-0.2, -0.15) is 0 Å². The van der Waals surface area contributed by atoms with Crippen LogP contribution < -0.4 is 5.48 Å². The van der Waals surface area contributed by atoms with E-state index in [1.165, 1.54) is 13.0 Å². The molecule has 1 amide bonds. The summed E-state index contributed by atoms with van der Waals surface area (Å²) in [6.45, 7) is 4.97. The van der Waals surface area contributed by atoms with E-state index in [4.69, 9.17) is 4.74 Å². The van der Waals surface area contributed by atoms with Crippen LogP contribution in [-0.4, -0.2) is 25.1 Å². The van der Waals surface area contributed by atoms with E-state index in [0.29, 0.717) is 0 Å². The van der Waals surface area contributed by atoms with Crippen LogP contribution in [0.15, 0.2) is 12.7 Å². The fraction of sp³-hybridized carbons (Fsp3) is 0.500. The molecule has 1 atom stereocenters. The first-order chi connectivity index (χ1) is 6.11. The van der Waals surface area contributed by atoms with Gasteiger partial charge in [0.15, 0.2) is 5.41 Å². The van der Waals surface area contributed by atoms with Crippen molar-refractivity contribution in [2.45, 2.75) is 6.92 Å². The van der Waals surface area contributed by atoms with E-state index in [9.17, 15) is 9.59 Å². The Kier molecular flexibility index (Phi) is 2.67. The summed E-state index contributed by atoms with van der Waals surface area (Å²) >= 11 is 0. The Morgan fingerprint density at radius 1 is 1.92 bits per heavy atom. The average Bonchev–Trinajstić information content (AvgIpc) is 2.44. The summed E-state index contributed by atoms with van der Waals surface area (Å²) in [7, 11) is 0. The van der Waals surface area contributed by atoms with Crippen molar-refractivity contribution in [2.75, 3.05) is 13.2 Å². The van der Waals surface area contributed by atoms with Crippen LogP contribution in [0.4, 0.5) is 0 Å². The van der Waals surface area contributed by atoms with Gasteiger partial charge in [0.25, 0.3) is 5.91 Å². The minimum absolute atomic E-state index is 0.00180. The van der Waals surface area contributed by atoms with E-state index in [1.807, 2.05) is 0 Å². The molecule has 0 aromatic heterocycles. The molecule has 1 heterocycles. The Balaban J connectivity index is 2.63. The molecule has 1 aliphatic rings. The number of esters is 1. The van der Waals surface area contributed by atoms with E-state index in [1.54, 1.807) is 0 Å². The van der Waals surface area contributed by atoms with Crippen LogP contribution >= 0.6 is 0 Å². The molecule has 5 heteroatoms. The van der Waals surface area contributed by atoms with E-state index in [0.717, 1.165) is 0 Å². The van der Waals surface area contributed by atoms with Crippen molar-refractivity contribution in [1.29, 1.82) is 0 Å². The molecule has 0 saturated carbocycles. The lowest BCUT2D eigenvalue weighted by Crippen LogP contribution is -2.39. The van der Waals surface area contributed by atoms with E-state index in [2.05, 4.69) is 16.9 Å². The van der Waals surface area contributed by atoms with Gasteiger partial charge in [-0.05, 0) is 6.92 Å². The number of hydroxylamine groups is 1. The van der Waals surface area contributed by atoms with E-state index in [-0.39, 0.29) is 13.2 Å². The monoisotopic (exact) mass is 185 g/mol. The molecule has 0 spiro atoms. The van der Waals surface area contributed by atoms with Gasteiger partial charge in [0.1, 0.15) is 6.61 Å². The van der Waals surface area contributed by atoms with Crippen LogP contribution in [-0.2, 0) is 19.2 Å². The van der Waals surface area contributed by atoms with Crippen LogP contribution in [0.5, 0.6) is 0 Å². The van der Waals surface area contributed by atoms with Gasteiger partial charge >= 0.3 is 5.97 Å². The van der Waals surface area contributed by atoms with Crippen molar-refractivity contribution >= 4 is 11.9 Å². The van der Waals surface area contributed by atoms with Crippen molar-refractivity contribution < 1.29 is 19.2 Å². The maximum atomic E-state index is 11.3. The topological polar surface area (TPSA) is 64.6 Å². The molecule has 1 N–H and O–H groups in total. The Morgan fingerprint density at radius 2 is 2.62 bits per heavy atom. The molecule has 0 bridgehead atoms. The molecule has 1 rings (SSSR count). The highest BCUT2D eigenvalue weighted by atomic mass is 16.7. The van der Waals surface area contributed by atoms with E-state index < -0.39 is 17.3 Å². The number of rotatable bonds is 3. The standard InChI is InChI=1S/C8H11NO4/c1-3-4-12-7(11)8(2)5-13-9-6(8)10/h3H,1,4-5H2,2H3,(H,9,10). The van der Waals surface area contributed by atoms with Crippen LogP contribution in [0.3, 0.4) is 0 Å². The predicted molar refractivity (Wildman–Crippen MR) is 43.4 cm³/mol. The Morgan fingerprint density at radius 3 is 3.08 bits per heavy atom. The highest BCUT2D eigenvalue weighted by Crippen LogP contribution is 2.23. The smallest absolute Gasteiger partial charge is 0.324 e.